The molecule has 7 nitrogen and oxygen atoms in total. The number of hydrogen-bond acceptors (Lipinski definition) is 5. The zero-order chi connectivity index (χ0) is 14.4. The highest BCUT2D eigenvalue weighted by Crippen LogP contribution is 2.02. The minimum absolute atomic E-state index is 0.234. The predicted molar refractivity (Wildman–Crippen MR) is 70.4 cm³/mol. The first kappa shape index (κ1) is 13.7. The molecule has 1 amide bonds. The van der Waals surface area contributed by atoms with Crippen molar-refractivity contribution in [1.82, 2.24) is 25.1 Å². The highest BCUT2D eigenvalue weighted by atomic mass is 16.2. The molecule has 0 aliphatic rings. The third-order valence-corrected chi connectivity index (χ3v) is 2.37. The Labute approximate surface area is 115 Å². The Hall–Kier alpha value is -2.72. The van der Waals surface area contributed by atoms with Gasteiger partial charge >= 0.3 is 0 Å². The lowest BCUT2D eigenvalue weighted by Crippen LogP contribution is -2.23. The van der Waals surface area contributed by atoms with Gasteiger partial charge in [0.05, 0.1) is 12.1 Å². The van der Waals surface area contributed by atoms with Crippen LogP contribution in [0, 0.1) is 11.8 Å². The first-order chi connectivity index (χ1) is 9.69. The largest absolute Gasteiger partial charge is 0.384 e. The summed E-state index contributed by atoms with van der Waals surface area (Å²) in [4.78, 5) is 19.9. The summed E-state index contributed by atoms with van der Waals surface area (Å²) in [7, 11) is 1.76. The lowest BCUT2D eigenvalue weighted by Gasteiger charge is -2.02. The standard InChI is InChI=1S/C13H13N5O2/c1-18-9-16-12(17-18)8-15-13(20)11-5-10(3-2-4-19)6-14-7-11/h5-7,9,19H,4,8H2,1H3,(H,15,20). The Morgan fingerprint density at radius 1 is 1.50 bits per heavy atom. The Balaban J connectivity index is 2.01. The van der Waals surface area contributed by atoms with Crippen LogP contribution in [0.25, 0.3) is 0 Å². The van der Waals surface area contributed by atoms with Crippen molar-refractivity contribution in [2.75, 3.05) is 6.61 Å². The summed E-state index contributed by atoms with van der Waals surface area (Å²) in [5.41, 5.74) is 0.966. The van der Waals surface area contributed by atoms with E-state index in [1.54, 1.807) is 24.1 Å². The second-order valence-electron chi connectivity index (χ2n) is 3.94. The van der Waals surface area contributed by atoms with Crippen LogP contribution >= 0.6 is 0 Å². The maximum atomic E-state index is 11.9. The zero-order valence-corrected chi connectivity index (χ0v) is 10.9. The van der Waals surface area contributed by atoms with Gasteiger partial charge in [-0.3, -0.25) is 14.5 Å². The van der Waals surface area contributed by atoms with Gasteiger partial charge < -0.3 is 10.4 Å². The van der Waals surface area contributed by atoms with Gasteiger partial charge in [0.15, 0.2) is 5.82 Å². The van der Waals surface area contributed by atoms with E-state index in [2.05, 4.69) is 32.2 Å². The van der Waals surface area contributed by atoms with Crippen LogP contribution < -0.4 is 5.32 Å². The number of nitrogens with zero attached hydrogens (tertiary/aromatic N) is 4. The SMILES string of the molecule is Cn1cnc(CNC(=O)c2cncc(C#CCO)c2)n1. The van der Waals surface area contributed by atoms with Gasteiger partial charge in [0, 0.05) is 25.0 Å². The number of aromatic nitrogens is 4. The van der Waals surface area contributed by atoms with Crippen LogP contribution in [-0.2, 0) is 13.6 Å². The van der Waals surface area contributed by atoms with Crippen LogP contribution in [0.5, 0.6) is 0 Å². The van der Waals surface area contributed by atoms with Crippen molar-refractivity contribution in [3.63, 3.8) is 0 Å². The molecule has 0 aromatic carbocycles. The number of aryl methyl sites for hydroxylation is 1. The summed E-state index contributed by atoms with van der Waals surface area (Å²) >= 11 is 0. The summed E-state index contributed by atoms with van der Waals surface area (Å²) in [5.74, 6) is 5.45. The number of carbonyl (C=O) groups excluding carboxylic acids is 1. The minimum Gasteiger partial charge on any atom is -0.384 e. The van der Waals surface area contributed by atoms with Crippen LogP contribution in [0.4, 0.5) is 0 Å². The molecule has 2 rings (SSSR count). The molecule has 0 fully saturated rings. The normalized spacial score (nSPS) is 9.70. The van der Waals surface area contributed by atoms with Gasteiger partial charge in [0.25, 0.3) is 5.91 Å². The van der Waals surface area contributed by atoms with E-state index in [1.165, 1.54) is 12.4 Å². The molecular formula is C13H13N5O2. The first-order valence-corrected chi connectivity index (χ1v) is 5.86. The molecule has 0 radical (unpaired) electrons. The predicted octanol–water partition coefficient (Wildman–Crippen LogP) is -0.516. The molecule has 0 spiro atoms. The van der Waals surface area contributed by atoms with Crippen molar-refractivity contribution < 1.29 is 9.90 Å². The third kappa shape index (κ3) is 3.63. The van der Waals surface area contributed by atoms with Crippen LogP contribution in [0.3, 0.4) is 0 Å². The van der Waals surface area contributed by atoms with E-state index in [4.69, 9.17) is 5.11 Å². The highest BCUT2D eigenvalue weighted by Gasteiger charge is 2.07. The lowest BCUT2D eigenvalue weighted by molar-refractivity contribution is 0.0949. The van der Waals surface area contributed by atoms with Gasteiger partial charge in [-0.15, -0.1) is 0 Å². The van der Waals surface area contributed by atoms with E-state index >= 15 is 0 Å². The van der Waals surface area contributed by atoms with Gasteiger partial charge in [-0.2, -0.15) is 5.10 Å². The van der Waals surface area contributed by atoms with Crippen molar-refractivity contribution in [3.05, 3.63) is 41.7 Å². The average molecular weight is 271 g/mol. The van der Waals surface area contributed by atoms with Crippen molar-refractivity contribution in [2.24, 2.45) is 7.05 Å². The Bertz CT molecular complexity index is 669. The number of amides is 1. The molecule has 2 heterocycles. The molecular weight excluding hydrogens is 258 g/mol. The Kier molecular flexibility index (Phi) is 4.42. The summed E-state index contributed by atoms with van der Waals surface area (Å²) < 4.78 is 1.56. The molecule has 2 aromatic rings. The smallest absolute Gasteiger partial charge is 0.253 e. The molecule has 0 unspecified atom stereocenters. The highest BCUT2D eigenvalue weighted by molar-refractivity contribution is 5.94. The van der Waals surface area contributed by atoms with Crippen molar-refractivity contribution >= 4 is 5.91 Å². The molecule has 0 atom stereocenters. The Morgan fingerprint density at radius 3 is 3.05 bits per heavy atom. The second-order valence-corrected chi connectivity index (χ2v) is 3.94. The van der Waals surface area contributed by atoms with Crippen LogP contribution in [-0.4, -0.2) is 37.4 Å². The number of aliphatic hydroxyl groups excluding tert-OH is 1. The van der Waals surface area contributed by atoms with E-state index in [1.807, 2.05) is 0 Å². The van der Waals surface area contributed by atoms with Gasteiger partial charge in [0.1, 0.15) is 12.9 Å². The fraction of sp³-hybridized carbons (Fsp3) is 0.231. The average Bonchev–Trinajstić information content (AvgIpc) is 2.88. The van der Waals surface area contributed by atoms with Crippen molar-refractivity contribution in [3.8, 4) is 11.8 Å². The summed E-state index contributed by atoms with van der Waals surface area (Å²) in [6.45, 7) is 0.00793. The minimum atomic E-state index is -0.280. The topological polar surface area (TPSA) is 92.9 Å². The van der Waals surface area contributed by atoms with Crippen molar-refractivity contribution in [1.29, 1.82) is 0 Å². The van der Waals surface area contributed by atoms with Gasteiger partial charge in [0.2, 0.25) is 0 Å². The third-order valence-electron chi connectivity index (χ3n) is 2.37. The molecule has 0 aliphatic heterocycles. The van der Waals surface area contributed by atoms with Crippen LogP contribution in [0.15, 0.2) is 24.8 Å². The Morgan fingerprint density at radius 2 is 2.35 bits per heavy atom. The molecule has 0 aliphatic carbocycles. The van der Waals surface area contributed by atoms with E-state index < -0.39 is 0 Å². The maximum absolute atomic E-state index is 11.9. The van der Waals surface area contributed by atoms with Gasteiger partial charge in [-0.25, -0.2) is 4.98 Å². The number of rotatable bonds is 3. The summed E-state index contributed by atoms with van der Waals surface area (Å²) in [5, 5.41) is 15.4. The number of pyridine rings is 1. The number of aliphatic hydroxyl groups is 1. The molecule has 2 aromatic heterocycles. The molecule has 7 heteroatoms. The first-order valence-electron chi connectivity index (χ1n) is 5.86. The molecule has 0 bridgehead atoms. The molecule has 102 valence electrons. The van der Waals surface area contributed by atoms with Gasteiger partial charge in [-0.1, -0.05) is 11.8 Å². The summed E-state index contributed by atoms with van der Waals surface area (Å²) in [6, 6.07) is 1.61. The lowest BCUT2D eigenvalue weighted by atomic mass is 10.2. The monoisotopic (exact) mass is 271 g/mol. The van der Waals surface area contributed by atoms with E-state index in [0.717, 1.165) is 0 Å². The number of nitrogens with one attached hydrogen (secondary N) is 1. The number of carbonyl (C=O) groups is 1. The zero-order valence-electron chi connectivity index (χ0n) is 10.9. The number of hydrogen-bond donors (Lipinski definition) is 2. The van der Waals surface area contributed by atoms with Crippen LogP contribution in [0.1, 0.15) is 21.7 Å². The van der Waals surface area contributed by atoms with E-state index in [0.29, 0.717) is 17.0 Å². The summed E-state index contributed by atoms with van der Waals surface area (Å²) in [6.07, 6.45) is 4.54. The molecule has 20 heavy (non-hydrogen) atoms. The van der Waals surface area contributed by atoms with E-state index in [-0.39, 0.29) is 19.1 Å². The van der Waals surface area contributed by atoms with Crippen LogP contribution in [0.2, 0.25) is 0 Å². The maximum Gasteiger partial charge on any atom is 0.253 e. The second kappa shape index (κ2) is 6.45. The fourth-order valence-corrected chi connectivity index (χ4v) is 1.50. The van der Waals surface area contributed by atoms with Crippen molar-refractivity contribution in [2.45, 2.75) is 6.54 Å². The van der Waals surface area contributed by atoms with Gasteiger partial charge in [-0.05, 0) is 6.07 Å². The fourth-order valence-electron chi connectivity index (χ4n) is 1.50. The molecule has 0 saturated carbocycles. The molecule has 0 saturated heterocycles. The molecule has 2 N–H and O–H groups in total. The quantitative estimate of drug-likeness (QED) is 0.733. The van der Waals surface area contributed by atoms with E-state index in [9.17, 15) is 4.79 Å².